The minimum atomic E-state index is -3.45. The number of carbonyl (C=O) groups excluding carboxylic acids is 2. The molecule has 1 aliphatic heterocycles. The maximum atomic E-state index is 12.8. The molecule has 1 aromatic heterocycles. The first-order chi connectivity index (χ1) is 16.4. The standard InChI is InChI=1S/C25H27N3O4S2/c29-24(26-20-6-4-7-21(18-20)27-25(30)23-8-5-17-33-23)14-11-19-9-12-22(13-10-19)34(31,32)28-15-2-1-3-16-28/h4-10,12-13,17-18H,1-3,11,14-16H2,(H,26,29)(H,27,30). The summed E-state index contributed by atoms with van der Waals surface area (Å²) in [6.45, 7) is 1.15. The van der Waals surface area contributed by atoms with Gasteiger partial charge in [-0.15, -0.1) is 11.3 Å². The Balaban J connectivity index is 1.30. The van der Waals surface area contributed by atoms with E-state index in [-0.39, 0.29) is 18.2 Å². The van der Waals surface area contributed by atoms with Crippen LogP contribution in [0.15, 0.2) is 70.9 Å². The number of aryl methyl sites for hydroxylation is 1. The van der Waals surface area contributed by atoms with Crippen molar-refractivity contribution in [2.45, 2.75) is 37.0 Å². The smallest absolute Gasteiger partial charge is 0.265 e. The van der Waals surface area contributed by atoms with Crippen LogP contribution in [0.4, 0.5) is 11.4 Å². The molecule has 1 fully saturated rings. The number of anilines is 2. The zero-order chi connectivity index (χ0) is 24.0. The summed E-state index contributed by atoms with van der Waals surface area (Å²) in [7, 11) is -3.45. The number of nitrogens with zero attached hydrogens (tertiary/aromatic N) is 1. The molecule has 2 heterocycles. The van der Waals surface area contributed by atoms with Crippen LogP contribution in [0.2, 0.25) is 0 Å². The molecule has 0 saturated carbocycles. The summed E-state index contributed by atoms with van der Waals surface area (Å²) in [6.07, 6.45) is 3.61. The number of benzene rings is 2. The molecule has 0 radical (unpaired) electrons. The SMILES string of the molecule is O=C(CCc1ccc(S(=O)(=O)N2CCCCC2)cc1)Nc1cccc(NC(=O)c2cccs2)c1. The van der Waals surface area contributed by atoms with Gasteiger partial charge in [0.05, 0.1) is 9.77 Å². The molecule has 0 unspecified atom stereocenters. The van der Waals surface area contributed by atoms with Gasteiger partial charge in [0.1, 0.15) is 0 Å². The summed E-state index contributed by atoms with van der Waals surface area (Å²) in [6, 6.07) is 17.4. The second kappa shape index (κ2) is 10.9. The molecule has 9 heteroatoms. The van der Waals surface area contributed by atoms with Crippen LogP contribution >= 0.6 is 11.3 Å². The van der Waals surface area contributed by atoms with Gasteiger partial charge in [0.15, 0.2) is 0 Å². The number of amides is 2. The monoisotopic (exact) mass is 497 g/mol. The minimum absolute atomic E-state index is 0.160. The third kappa shape index (κ3) is 6.11. The van der Waals surface area contributed by atoms with Crippen molar-refractivity contribution in [3.63, 3.8) is 0 Å². The molecule has 1 aliphatic rings. The van der Waals surface area contributed by atoms with Gasteiger partial charge in [0.25, 0.3) is 5.91 Å². The molecule has 0 bridgehead atoms. The highest BCUT2D eigenvalue weighted by Gasteiger charge is 2.25. The molecule has 7 nitrogen and oxygen atoms in total. The van der Waals surface area contributed by atoms with Gasteiger partial charge >= 0.3 is 0 Å². The zero-order valence-electron chi connectivity index (χ0n) is 18.7. The predicted molar refractivity (Wildman–Crippen MR) is 135 cm³/mol. The number of rotatable bonds is 8. The molecule has 2 amide bonds. The lowest BCUT2D eigenvalue weighted by Crippen LogP contribution is -2.35. The van der Waals surface area contributed by atoms with E-state index in [1.54, 1.807) is 58.9 Å². The van der Waals surface area contributed by atoms with Gasteiger partial charge in [-0.05, 0) is 66.6 Å². The fourth-order valence-corrected chi connectivity index (χ4v) is 5.97. The molecule has 1 saturated heterocycles. The molecule has 0 atom stereocenters. The maximum absolute atomic E-state index is 12.8. The Labute approximate surface area is 203 Å². The highest BCUT2D eigenvalue weighted by Crippen LogP contribution is 2.22. The second-order valence-corrected chi connectivity index (χ2v) is 11.1. The second-order valence-electron chi connectivity index (χ2n) is 8.17. The third-order valence-corrected chi connectivity index (χ3v) is 8.45. The number of hydrogen-bond acceptors (Lipinski definition) is 5. The van der Waals surface area contributed by atoms with Gasteiger partial charge in [-0.2, -0.15) is 4.31 Å². The first-order valence-corrected chi connectivity index (χ1v) is 13.6. The molecule has 0 aliphatic carbocycles. The Morgan fingerprint density at radius 2 is 1.59 bits per heavy atom. The molecule has 3 aromatic rings. The van der Waals surface area contributed by atoms with Crippen LogP contribution in [0.25, 0.3) is 0 Å². The normalized spacial score (nSPS) is 14.5. The fraction of sp³-hybridized carbons (Fsp3) is 0.280. The van der Waals surface area contributed by atoms with Crippen LogP contribution < -0.4 is 10.6 Å². The first kappa shape index (κ1) is 24.1. The van der Waals surface area contributed by atoms with E-state index in [1.807, 2.05) is 11.4 Å². The summed E-state index contributed by atoms with van der Waals surface area (Å²) < 4.78 is 27.1. The summed E-state index contributed by atoms with van der Waals surface area (Å²) in [5.41, 5.74) is 2.09. The summed E-state index contributed by atoms with van der Waals surface area (Å²) in [5, 5.41) is 7.51. The molecular weight excluding hydrogens is 470 g/mol. The van der Waals surface area contributed by atoms with Crippen molar-refractivity contribution in [3.8, 4) is 0 Å². The van der Waals surface area contributed by atoms with E-state index in [0.29, 0.717) is 40.7 Å². The van der Waals surface area contributed by atoms with Gasteiger partial charge in [-0.3, -0.25) is 9.59 Å². The van der Waals surface area contributed by atoms with Gasteiger partial charge in [0, 0.05) is 30.9 Å². The number of piperidine rings is 1. The summed E-state index contributed by atoms with van der Waals surface area (Å²) in [5.74, 6) is -0.351. The van der Waals surface area contributed by atoms with Crippen molar-refractivity contribution in [1.29, 1.82) is 0 Å². The van der Waals surface area contributed by atoms with Crippen molar-refractivity contribution in [2.75, 3.05) is 23.7 Å². The van der Waals surface area contributed by atoms with Gasteiger partial charge in [-0.25, -0.2) is 8.42 Å². The Kier molecular flexibility index (Phi) is 7.77. The Morgan fingerprint density at radius 1 is 0.882 bits per heavy atom. The lowest BCUT2D eigenvalue weighted by Gasteiger charge is -2.25. The van der Waals surface area contributed by atoms with Crippen molar-refractivity contribution < 1.29 is 18.0 Å². The first-order valence-electron chi connectivity index (χ1n) is 11.3. The van der Waals surface area contributed by atoms with Crippen LogP contribution in [0.5, 0.6) is 0 Å². The quantitative estimate of drug-likeness (QED) is 0.470. The largest absolute Gasteiger partial charge is 0.326 e. The molecule has 178 valence electrons. The topological polar surface area (TPSA) is 95.6 Å². The maximum Gasteiger partial charge on any atom is 0.265 e. The number of thiophene rings is 1. The van der Waals surface area contributed by atoms with Crippen LogP contribution in [0.3, 0.4) is 0 Å². The highest BCUT2D eigenvalue weighted by atomic mass is 32.2. The van der Waals surface area contributed by atoms with E-state index in [2.05, 4.69) is 10.6 Å². The lowest BCUT2D eigenvalue weighted by molar-refractivity contribution is -0.116. The van der Waals surface area contributed by atoms with Crippen LogP contribution in [0.1, 0.15) is 40.9 Å². The number of hydrogen-bond donors (Lipinski definition) is 2. The molecular formula is C25H27N3O4S2. The van der Waals surface area contributed by atoms with E-state index in [4.69, 9.17) is 0 Å². The average molecular weight is 498 g/mol. The highest BCUT2D eigenvalue weighted by molar-refractivity contribution is 7.89. The Morgan fingerprint density at radius 3 is 2.26 bits per heavy atom. The van der Waals surface area contributed by atoms with Gasteiger partial charge < -0.3 is 10.6 Å². The summed E-state index contributed by atoms with van der Waals surface area (Å²) >= 11 is 1.36. The molecule has 34 heavy (non-hydrogen) atoms. The van der Waals surface area contributed by atoms with Crippen molar-refractivity contribution in [3.05, 3.63) is 76.5 Å². The Hall–Kier alpha value is -3.01. The molecule has 4 rings (SSSR count). The van der Waals surface area contributed by atoms with E-state index in [1.165, 1.54) is 11.3 Å². The lowest BCUT2D eigenvalue weighted by atomic mass is 10.1. The minimum Gasteiger partial charge on any atom is -0.326 e. The average Bonchev–Trinajstić information content (AvgIpc) is 3.39. The van der Waals surface area contributed by atoms with Crippen LogP contribution in [-0.2, 0) is 21.2 Å². The molecule has 2 aromatic carbocycles. The number of sulfonamides is 1. The van der Waals surface area contributed by atoms with Gasteiger partial charge in [0.2, 0.25) is 15.9 Å². The van der Waals surface area contributed by atoms with E-state index in [9.17, 15) is 18.0 Å². The fourth-order valence-electron chi connectivity index (χ4n) is 3.84. The van der Waals surface area contributed by atoms with E-state index < -0.39 is 10.0 Å². The van der Waals surface area contributed by atoms with Crippen molar-refractivity contribution in [1.82, 2.24) is 4.31 Å². The number of nitrogens with one attached hydrogen (secondary N) is 2. The van der Waals surface area contributed by atoms with E-state index >= 15 is 0 Å². The van der Waals surface area contributed by atoms with Crippen molar-refractivity contribution in [2.24, 2.45) is 0 Å². The third-order valence-electron chi connectivity index (χ3n) is 5.67. The van der Waals surface area contributed by atoms with Gasteiger partial charge in [-0.1, -0.05) is 30.7 Å². The van der Waals surface area contributed by atoms with Crippen LogP contribution in [0, 0.1) is 0 Å². The number of carbonyl (C=O) groups is 2. The Bertz CT molecular complexity index is 1230. The zero-order valence-corrected chi connectivity index (χ0v) is 20.3. The van der Waals surface area contributed by atoms with Crippen molar-refractivity contribution >= 4 is 44.5 Å². The predicted octanol–water partition coefficient (Wildman–Crippen LogP) is 4.75. The van der Waals surface area contributed by atoms with Crippen LogP contribution in [-0.4, -0.2) is 37.6 Å². The van der Waals surface area contributed by atoms with E-state index in [0.717, 1.165) is 24.8 Å². The summed E-state index contributed by atoms with van der Waals surface area (Å²) in [4.78, 5) is 25.6. The molecule has 2 N–H and O–H groups in total. The molecule has 0 spiro atoms.